The Morgan fingerprint density at radius 3 is 2.45 bits per heavy atom. The van der Waals surface area contributed by atoms with Crippen molar-refractivity contribution in [2.75, 3.05) is 18.0 Å². The van der Waals surface area contributed by atoms with E-state index in [1.54, 1.807) is 0 Å². The summed E-state index contributed by atoms with van der Waals surface area (Å²) in [5.74, 6) is -0.286. The number of benzene rings is 1. The summed E-state index contributed by atoms with van der Waals surface area (Å²) in [6, 6.07) is 8.81. The van der Waals surface area contributed by atoms with E-state index < -0.39 is 0 Å². The van der Waals surface area contributed by atoms with Crippen molar-refractivity contribution in [2.45, 2.75) is 46.2 Å². The van der Waals surface area contributed by atoms with Crippen LogP contribution in [0.2, 0.25) is 0 Å². The molecule has 0 atom stereocenters. The standard InChI is InChI=1S/C16H27N3O/c1-4-5-10-19(12-16(17)20)15-8-6-14(7-9-15)11-18-13(2)3/h6-9,13,18H,4-5,10-12H2,1-3H3,(H2,17,20). The van der Waals surface area contributed by atoms with Gasteiger partial charge in [-0.1, -0.05) is 39.3 Å². The van der Waals surface area contributed by atoms with E-state index in [9.17, 15) is 4.79 Å². The van der Waals surface area contributed by atoms with Gasteiger partial charge < -0.3 is 16.0 Å². The Morgan fingerprint density at radius 1 is 1.30 bits per heavy atom. The molecule has 0 aromatic heterocycles. The molecule has 0 saturated carbocycles. The Morgan fingerprint density at radius 2 is 1.95 bits per heavy atom. The number of carbonyl (C=O) groups excluding carboxylic acids is 1. The third kappa shape index (κ3) is 6.06. The van der Waals surface area contributed by atoms with Crippen molar-refractivity contribution >= 4 is 11.6 Å². The monoisotopic (exact) mass is 277 g/mol. The van der Waals surface area contributed by atoms with E-state index in [1.165, 1.54) is 5.56 Å². The molecule has 3 N–H and O–H groups in total. The molecule has 1 aromatic carbocycles. The Labute approximate surface area is 122 Å². The van der Waals surface area contributed by atoms with Crippen molar-refractivity contribution in [3.05, 3.63) is 29.8 Å². The Bertz CT molecular complexity index is 401. The largest absolute Gasteiger partial charge is 0.368 e. The van der Waals surface area contributed by atoms with Gasteiger partial charge in [-0.25, -0.2) is 0 Å². The number of nitrogens with two attached hydrogens (primary N) is 1. The minimum absolute atomic E-state index is 0.281. The molecule has 1 rings (SSSR count). The summed E-state index contributed by atoms with van der Waals surface area (Å²) in [6.45, 7) is 8.42. The number of unbranched alkanes of at least 4 members (excludes halogenated alkanes) is 1. The highest BCUT2D eigenvalue weighted by Crippen LogP contribution is 2.16. The van der Waals surface area contributed by atoms with E-state index in [0.717, 1.165) is 31.6 Å². The molecule has 0 radical (unpaired) electrons. The number of hydrogen-bond acceptors (Lipinski definition) is 3. The zero-order valence-electron chi connectivity index (χ0n) is 12.9. The molecule has 112 valence electrons. The van der Waals surface area contributed by atoms with Gasteiger partial charge in [-0.2, -0.15) is 0 Å². The van der Waals surface area contributed by atoms with E-state index in [-0.39, 0.29) is 12.5 Å². The average molecular weight is 277 g/mol. The predicted molar refractivity (Wildman–Crippen MR) is 84.7 cm³/mol. The highest BCUT2D eigenvalue weighted by Gasteiger charge is 2.09. The molecule has 0 fully saturated rings. The van der Waals surface area contributed by atoms with Crippen molar-refractivity contribution in [3.63, 3.8) is 0 Å². The number of anilines is 1. The SMILES string of the molecule is CCCCN(CC(N)=O)c1ccc(CNC(C)C)cc1. The van der Waals surface area contributed by atoms with Crippen LogP contribution in [-0.4, -0.2) is 25.0 Å². The maximum Gasteiger partial charge on any atom is 0.236 e. The molecule has 0 bridgehead atoms. The van der Waals surface area contributed by atoms with Crippen LogP contribution in [0.1, 0.15) is 39.2 Å². The first-order chi connectivity index (χ1) is 9.52. The summed E-state index contributed by atoms with van der Waals surface area (Å²) in [7, 11) is 0. The first kappa shape index (κ1) is 16.5. The fourth-order valence-electron chi connectivity index (χ4n) is 1.98. The smallest absolute Gasteiger partial charge is 0.236 e. The van der Waals surface area contributed by atoms with Crippen molar-refractivity contribution in [2.24, 2.45) is 5.73 Å². The number of carbonyl (C=O) groups is 1. The maximum absolute atomic E-state index is 11.2. The maximum atomic E-state index is 11.2. The van der Waals surface area contributed by atoms with Gasteiger partial charge in [0.25, 0.3) is 0 Å². The van der Waals surface area contributed by atoms with Gasteiger partial charge in [0.15, 0.2) is 0 Å². The van der Waals surface area contributed by atoms with Crippen LogP contribution in [0.5, 0.6) is 0 Å². The second kappa shape index (κ2) is 8.59. The predicted octanol–water partition coefficient (Wildman–Crippen LogP) is 2.28. The van der Waals surface area contributed by atoms with Crippen LogP contribution in [0.3, 0.4) is 0 Å². The van der Waals surface area contributed by atoms with Crippen molar-refractivity contribution in [3.8, 4) is 0 Å². The topological polar surface area (TPSA) is 58.4 Å². The summed E-state index contributed by atoms with van der Waals surface area (Å²) in [4.78, 5) is 13.2. The minimum Gasteiger partial charge on any atom is -0.368 e. The normalized spacial score (nSPS) is 10.8. The van der Waals surface area contributed by atoms with Crippen LogP contribution in [-0.2, 0) is 11.3 Å². The second-order valence-corrected chi connectivity index (χ2v) is 5.44. The van der Waals surface area contributed by atoms with E-state index in [4.69, 9.17) is 5.73 Å². The summed E-state index contributed by atoms with van der Waals surface area (Å²) >= 11 is 0. The molecular formula is C16H27N3O. The molecule has 20 heavy (non-hydrogen) atoms. The van der Waals surface area contributed by atoms with Crippen LogP contribution >= 0.6 is 0 Å². The second-order valence-electron chi connectivity index (χ2n) is 5.44. The first-order valence-corrected chi connectivity index (χ1v) is 7.38. The number of nitrogens with one attached hydrogen (secondary N) is 1. The van der Waals surface area contributed by atoms with Gasteiger partial charge in [-0.3, -0.25) is 4.79 Å². The molecule has 1 aromatic rings. The van der Waals surface area contributed by atoms with E-state index in [1.807, 2.05) is 4.90 Å². The van der Waals surface area contributed by atoms with Crippen LogP contribution in [0.15, 0.2) is 24.3 Å². The van der Waals surface area contributed by atoms with Gasteiger partial charge in [0.2, 0.25) is 5.91 Å². The van der Waals surface area contributed by atoms with Gasteiger partial charge in [0, 0.05) is 24.8 Å². The van der Waals surface area contributed by atoms with Gasteiger partial charge >= 0.3 is 0 Å². The lowest BCUT2D eigenvalue weighted by Gasteiger charge is -2.23. The lowest BCUT2D eigenvalue weighted by Crippen LogP contribution is -2.34. The molecule has 0 heterocycles. The third-order valence-corrected chi connectivity index (χ3v) is 3.14. The number of amides is 1. The van der Waals surface area contributed by atoms with E-state index >= 15 is 0 Å². The van der Waals surface area contributed by atoms with Crippen LogP contribution in [0, 0.1) is 0 Å². The number of primary amides is 1. The lowest BCUT2D eigenvalue weighted by atomic mass is 10.1. The van der Waals surface area contributed by atoms with Gasteiger partial charge in [-0.15, -0.1) is 0 Å². The minimum atomic E-state index is -0.286. The highest BCUT2D eigenvalue weighted by atomic mass is 16.1. The third-order valence-electron chi connectivity index (χ3n) is 3.14. The molecular weight excluding hydrogens is 250 g/mol. The fourth-order valence-corrected chi connectivity index (χ4v) is 1.98. The molecule has 4 heteroatoms. The van der Waals surface area contributed by atoms with Crippen LogP contribution < -0.4 is 16.0 Å². The van der Waals surface area contributed by atoms with Crippen molar-refractivity contribution < 1.29 is 4.79 Å². The highest BCUT2D eigenvalue weighted by molar-refractivity contribution is 5.79. The first-order valence-electron chi connectivity index (χ1n) is 7.38. The Balaban J connectivity index is 2.68. The number of hydrogen-bond donors (Lipinski definition) is 2. The van der Waals surface area contributed by atoms with E-state index in [0.29, 0.717) is 6.04 Å². The van der Waals surface area contributed by atoms with Crippen molar-refractivity contribution in [1.29, 1.82) is 0 Å². The Kier molecular flexibility index (Phi) is 7.09. The molecule has 4 nitrogen and oxygen atoms in total. The fraction of sp³-hybridized carbons (Fsp3) is 0.562. The quantitative estimate of drug-likeness (QED) is 0.728. The summed E-state index contributed by atoms with van der Waals surface area (Å²) in [5, 5.41) is 3.39. The number of nitrogens with zero attached hydrogens (tertiary/aromatic N) is 1. The summed E-state index contributed by atoms with van der Waals surface area (Å²) < 4.78 is 0. The van der Waals surface area contributed by atoms with Gasteiger partial charge in [0.05, 0.1) is 6.54 Å². The number of rotatable bonds is 9. The van der Waals surface area contributed by atoms with Crippen molar-refractivity contribution in [1.82, 2.24) is 5.32 Å². The molecule has 0 saturated heterocycles. The van der Waals surface area contributed by atoms with Crippen LogP contribution in [0.25, 0.3) is 0 Å². The van der Waals surface area contributed by atoms with Gasteiger partial charge in [0.1, 0.15) is 0 Å². The molecule has 0 unspecified atom stereocenters. The zero-order valence-corrected chi connectivity index (χ0v) is 12.9. The lowest BCUT2D eigenvalue weighted by molar-refractivity contribution is -0.116. The molecule has 0 aliphatic carbocycles. The van der Waals surface area contributed by atoms with Gasteiger partial charge in [-0.05, 0) is 24.1 Å². The molecule has 1 amide bonds. The van der Waals surface area contributed by atoms with Crippen LogP contribution in [0.4, 0.5) is 5.69 Å². The molecule has 0 spiro atoms. The summed E-state index contributed by atoms with van der Waals surface area (Å²) in [6.07, 6.45) is 2.16. The average Bonchev–Trinajstić information content (AvgIpc) is 2.41. The Hall–Kier alpha value is -1.55. The zero-order chi connectivity index (χ0) is 15.0. The summed E-state index contributed by atoms with van der Waals surface area (Å²) in [5.41, 5.74) is 7.63. The molecule has 0 aliphatic rings. The van der Waals surface area contributed by atoms with E-state index in [2.05, 4.69) is 50.4 Å². The molecule has 0 aliphatic heterocycles.